The Bertz CT molecular complexity index is 493. The lowest BCUT2D eigenvalue weighted by Gasteiger charge is -2.34. The molecule has 21 heavy (non-hydrogen) atoms. The van der Waals surface area contributed by atoms with Gasteiger partial charge in [0.15, 0.2) is 0 Å². The maximum atomic E-state index is 12.4. The number of carbonyl (C=O) groups excluding carboxylic acids is 2. The van der Waals surface area contributed by atoms with Crippen LogP contribution in [-0.4, -0.2) is 54.5 Å². The van der Waals surface area contributed by atoms with E-state index in [2.05, 4.69) is 5.32 Å². The number of nitrogens with one attached hydrogen (secondary N) is 1. The molecule has 0 radical (unpaired) electrons. The molecule has 0 aromatic heterocycles. The number of amides is 3. The van der Waals surface area contributed by atoms with Crippen molar-refractivity contribution in [1.29, 1.82) is 0 Å². The van der Waals surface area contributed by atoms with E-state index >= 15 is 0 Å². The van der Waals surface area contributed by atoms with Crippen molar-refractivity contribution in [3.05, 3.63) is 35.4 Å². The van der Waals surface area contributed by atoms with Crippen molar-refractivity contribution in [2.75, 3.05) is 32.7 Å². The normalized spacial score (nSPS) is 15.0. The van der Waals surface area contributed by atoms with Gasteiger partial charge in [0.2, 0.25) is 0 Å². The second kappa shape index (κ2) is 7.08. The van der Waals surface area contributed by atoms with Gasteiger partial charge in [-0.1, -0.05) is 12.1 Å². The highest BCUT2D eigenvalue weighted by atomic mass is 16.2. The lowest BCUT2D eigenvalue weighted by Crippen LogP contribution is -2.53. The molecule has 3 N–H and O–H groups in total. The second-order valence-corrected chi connectivity index (χ2v) is 5.02. The summed E-state index contributed by atoms with van der Waals surface area (Å²) in [5, 5.41) is 2.78. The van der Waals surface area contributed by atoms with Gasteiger partial charge in [-0.15, -0.1) is 0 Å². The number of urea groups is 1. The van der Waals surface area contributed by atoms with Crippen LogP contribution in [0.1, 0.15) is 22.8 Å². The van der Waals surface area contributed by atoms with Crippen molar-refractivity contribution < 1.29 is 9.59 Å². The van der Waals surface area contributed by atoms with Crippen molar-refractivity contribution in [2.24, 2.45) is 5.73 Å². The first-order valence-corrected chi connectivity index (χ1v) is 7.26. The first kappa shape index (κ1) is 15.3. The smallest absolute Gasteiger partial charge is 0.317 e. The van der Waals surface area contributed by atoms with Gasteiger partial charge in [-0.25, -0.2) is 4.79 Å². The average molecular weight is 290 g/mol. The summed E-state index contributed by atoms with van der Waals surface area (Å²) in [6, 6.07) is 7.30. The minimum Gasteiger partial charge on any atom is -0.338 e. The van der Waals surface area contributed by atoms with Crippen molar-refractivity contribution >= 4 is 11.9 Å². The molecule has 1 heterocycles. The topological polar surface area (TPSA) is 78.7 Å². The Morgan fingerprint density at radius 3 is 2.19 bits per heavy atom. The summed E-state index contributed by atoms with van der Waals surface area (Å²) in [5.41, 5.74) is 7.22. The van der Waals surface area contributed by atoms with Gasteiger partial charge in [-0.3, -0.25) is 4.79 Å². The molecule has 1 aromatic rings. The first-order chi connectivity index (χ1) is 10.2. The van der Waals surface area contributed by atoms with Crippen LogP contribution in [0, 0.1) is 0 Å². The lowest BCUT2D eigenvalue weighted by molar-refractivity contribution is 0.0665. The van der Waals surface area contributed by atoms with E-state index in [9.17, 15) is 9.59 Å². The van der Waals surface area contributed by atoms with Crippen LogP contribution in [0.2, 0.25) is 0 Å². The van der Waals surface area contributed by atoms with Crippen LogP contribution in [0.15, 0.2) is 24.3 Å². The van der Waals surface area contributed by atoms with Gasteiger partial charge >= 0.3 is 6.03 Å². The Hall–Kier alpha value is -2.08. The molecule has 0 bridgehead atoms. The van der Waals surface area contributed by atoms with Crippen LogP contribution < -0.4 is 11.1 Å². The zero-order valence-corrected chi connectivity index (χ0v) is 12.3. The molecule has 2 rings (SSSR count). The maximum absolute atomic E-state index is 12.4. The predicted octanol–water partition coefficient (Wildman–Crippen LogP) is 0.633. The third kappa shape index (κ3) is 3.72. The molecule has 6 heteroatoms. The summed E-state index contributed by atoms with van der Waals surface area (Å²) in [6.07, 6.45) is 0. The molecule has 1 fully saturated rings. The van der Waals surface area contributed by atoms with E-state index in [0.29, 0.717) is 44.8 Å². The number of rotatable bonds is 3. The number of hydrogen-bond acceptors (Lipinski definition) is 3. The molecule has 0 spiro atoms. The molecule has 0 saturated carbocycles. The Labute approximate surface area is 124 Å². The average Bonchev–Trinajstić information content (AvgIpc) is 2.54. The maximum Gasteiger partial charge on any atom is 0.317 e. The van der Waals surface area contributed by atoms with Crippen LogP contribution in [0.5, 0.6) is 0 Å². The molecule has 1 aliphatic heterocycles. The summed E-state index contributed by atoms with van der Waals surface area (Å²) in [4.78, 5) is 27.6. The summed E-state index contributed by atoms with van der Waals surface area (Å²) in [7, 11) is 0. The highest BCUT2D eigenvalue weighted by Gasteiger charge is 2.24. The summed E-state index contributed by atoms with van der Waals surface area (Å²) in [6.45, 7) is 5.24. The number of carbonyl (C=O) groups is 2. The van der Waals surface area contributed by atoms with Crippen LogP contribution in [-0.2, 0) is 6.54 Å². The molecule has 1 aliphatic rings. The molecule has 114 valence electrons. The summed E-state index contributed by atoms with van der Waals surface area (Å²) >= 11 is 0. The van der Waals surface area contributed by atoms with E-state index in [1.165, 1.54) is 0 Å². The van der Waals surface area contributed by atoms with Gasteiger partial charge in [0, 0.05) is 44.8 Å². The van der Waals surface area contributed by atoms with E-state index < -0.39 is 0 Å². The summed E-state index contributed by atoms with van der Waals surface area (Å²) in [5.74, 6) is 0.00845. The Balaban J connectivity index is 1.92. The minimum atomic E-state index is -0.0584. The van der Waals surface area contributed by atoms with Crippen molar-refractivity contribution in [3.8, 4) is 0 Å². The van der Waals surface area contributed by atoms with Crippen molar-refractivity contribution in [3.63, 3.8) is 0 Å². The van der Waals surface area contributed by atoms with Gasteiger partial charge in [0.05, 0.1) is 0 Å². The highest BCUT2D eigenvalue weighted by Crippen LogP contribution is 2.10. The molecular formula is C15H22N4O2. The number of nitrogens with zero attached hydrogens (tertiary/aromatic N) is 2. The van der Waals surface area contributed by atoms with Crippen LogP contribution in [0.3, 0.4) is 0 Å². The number of nitrogens with two attached hydrogens (primary N) is 1. The monoisotopic (exact) mass is 290 g/mol. The van der Waals surface area contributed by atoms with E-state index in [1.807, 2.05) is 19.1 Å². The molecule has 1 saturated heterocycles. The van der Waals surface area contributed by atoms with Gasteiger partial charge < -0.3 is 20.9 Å². The Morgan fingerprint density at radius 1 is 1.10 bits per heavy atom. The Morgan fingerprint density at radius 2 is 1.67 bits per heavy atom. The quantitative estimate of drug-likeness (QED) is 0.857. The van der Waals surface area contributed by atoms with Crippen molar-refractivity contribution in [1.82, 2.24) is 15.1 Å². The van der Waals surface area contributed by atoms with Crippen LogP contribution >= 0.6 is 0 Å². The SMILES string of the molecule is CCNC(=O)N1CCN(C(=O)c2ccc(CN)cc2)CC1. The third-order valence-electron chi connectivity index (χ3n) is 3.62. The lowest BCUT2D eigenvalue weighted by atomic mass is 10.1. The molecule has 0 unspecified atom stereocenters. The van der Waals surface area contributed by atoms with Crippen LogP contribution in [0.4, 0.5) is 4.79 Å². The Kier molecular flexibility index (Phi) is 5.16. The molecule has 0 atom stereocenters. The largest absolute Gasteiger partial charge is 0.338 e. The minimum absolute atomic E-state index is 0.00845. The number of piperazine rings is 1. The fourth-order valence-corrected chi connectivity index (χ4v) is 2.34. The zero-order valence-electron chi connectivity index (χ0n) is 12.3. The van der Waals surface area contributed by atoms with Gasteiger partial charge in [0.25, 0.3) is 5.91 Å². The third-order valence-corrected chi connectivity index (χ3v) is 3.62. The highest BCUT2D eigenvalue weighted by molar-refractivity contribution is 5.94. The molecule has 6 nitrogen and oxygen atoms in total. The second-order valence-electron chi connectivity index (χ2n) is 5.02. The van der Waals surface area contributed by atoms with E-state index in [0.717, 1.165) is 5.56 Å². The fourth-order valence-electron chi connectivity index (χ4n) is 2.34. The molecular weight excluding hydrogens is 268 g/mol. The molecule has 0 aliphatic carbocycles. The first-order valence-electron chi connectivity index (χ1n) is 7.26. The van der Waals surface area contributed by atoms with E-state index in [1.54, 1.807) is 21.9 Å². The van der Waals surface area contributed by atoms with Gasteiger partial charge in [-0.05, 0) is 24.6 Å². The van der Waals surface area contributed by atoms with E-state index in [4.69, 9.17) is 5.73 Å². The van der Waals surface area contributed by atoms with E-state index in [-0.39, 0.29) is 11.9 Å². The number of hydrogen-bond donors (Lipinski definition) is 2. The fraction of sp³-hybridized carbons (Fsp3) is 0.467. The van der Waals surface area contributed by atoms with Crippen molar-refractivity contribution in [2.45, 2.75) is 13.5 Å². The zero-order chi connectivity index (χ0) is 15.2. The molecule has 3 amide bonds. The van der Waals surface area contributed by atoms with Gasteiger partial charge in [-0.2, -0.15) is 0 Å². The molecule has 1 aromatic carbocycles. The number of benzene rings is 1. The van der Waals surface area contributed by atoms with Gasteiger partial charge in [0.1, 0.15) is 0 Å². The standard InChI is InChI=1S/C15H22N4O2/c1-2-17-15(21)19-9-7-18(8-10-19)14(20)13-5-3-12(11-16)4-6-13/h3-6H,2,7-11,16H2,1H3,(H,17,21). The summed E-state index contributed by atoms with van der Waals surface area (Å²) < 4.78 is 0. The van der Waals surface area contributed by atoms with Crippen LogP contribution in [0.25, 0.3) is 0 Å². The predicted molar refractivity (Wildman–Crippen MR) is 80.9 cm³/mol.